The molecule has 0 fully saturated rings. The van der Waals surface area contributed by atoms with E-state index in [-0.39, 0.29) is 23.5 Å². The maximum absolute atomic E-state index is 13.7. The van der Waals surface area contributed by atoms with Crippen LogP contribution in [0.15, 0.2) is 39.1 Å². The van der Waals surface area contributed by atoms with Gasteiger partial charge in [-0.3, -0.25) is 18.7 Å². The maximum Gasteiger partial charge on any atom is 0.332 e. The van der Waals surface area contributed by atoms with Crippen LogP contribution >= 0.6 is 11.3 Å². The van der Waals surface area contributed by atoms with Crippen LogP contribution in [0.3, 0.4) is 0 Å². The van der Waals surface area contributed by atoms with Gasteiger partial charge >= 0.3 is 5.69 Å². The molecule has 0 spiro atoms. The lowest BCUT2D eigenvalue weighted by atomic mass is 10.3. The zero-order chi connectivity index (χ0) is 23.0. The van der Waals surface area contributed by atoms with Crippen molar-refractivity contribution >= 4 is 38.6 Å². The number of aromatic nitrogens is 5. The number of imidazole rings is 1. The molecule has 10 nitrogen and oxygen atoms in total. The van der Waals surface area contributed by atoms with E-state index in [9.17, 15) is 18.8 Å². The van der Waals surface area contributed by atoms with Gasteiger partial charge in [0.15, 0.2) is 16.0 Å². The third-order valence-corrected chi connectivity index (χ3v) is 6.09. The fourth-order valence-electron chi connectivity index (χ4n) is 3.45. The number of halogens is 1. The number of amides is 1. The molecule has 32 heavy (non-hydrogen) atoms. The average Bonchev–Trinajstić information content (AvgIpc) is 3.32. The highest BCUT2D eigenvalue weighted by molar-refractivity contribution is 7.16. The fraction of sp³-hybridized carbons (Fsp3) is 0.350. The highest BCUT2D eigenvalue weighted by atomic mass is 32.1. The Kier molecular flexibility index (Phi) is 5.89. The van der Waals surface area contributed by atoms with Gasteiger partial charge in [0.25, 0.3) is 11.5 Å². The van der Waals surface area contributed by atoms with Gasteiger partial charge in [0, 0.05) is 27.2 Å². The number of aryl methyl sites for hydroxylation is 1. The maximum atomic E-state index is 13.7. The first kappa shape index (κ1) is 21.8. The van der Waals surface area contributed by atoms with Gasteiger partial charge in [-0.1, -0.05) is 11.3 Å². The van der Waals surface area contributed by atoms with E-state index in [4.69, 9.17) is 4.74 Å². The van der Waals surface area contributed by atoms with Crippen LogP contribution in [0.25, 0.3) is 21.4 Å². The van der Waals surface area contributed by atoms with Crippen molar-refractivity contribution in [2.75, 3.05) is 13.2 Å². The molecule has 0 N–H and O–H groups in total. The molecule has 0 aliphatic rings. The number of carbonyl (C=O) groups is 1. The molecular formula is C20H21FN6O4S. The molecule has 1 aromatic carbocycles. The summed E-state index contributed by atoms with van der Waals surface area (Å²) in [4.78, 5) is 46.2. The Morgan fingerprint density at radius 2 is 2.03 bits per heavy atom. The number of ether oxygens (including phenoxy) is 1. The molecule has 168 valence electrons. The van der Waals surface area contributed by atoms with Crippen LogP contribution in [-0.2, 0) is 36.7 Å². The van der Waals surface area contributed by atoms with Gasteiger partial charge < -0.3 is 13.9 Å². The Bertz CT molecular complexity index is 1520. The zero-order valence-electron chi connectivity index (χ0n) is 17.7. The van der Waals surface area contributed by atoms with Gasteiger partial charge in [0.1, 0.15) is 12.4 Å². The number of benzene rings is 1. The quantitative estimate of drug-likeness (QED) is 0.395. The zero-order valence-corrected chi connectivity index (χ0v) is 18.6. The number of nitrogens with zero attached hydrogens (tertiary/aromatic N) is 6. The second-order valence-electron chi connectivity index (χ2n) is 7.10. The molecule has 0 bridgehead atoms. The van der Waals surface area contributed by atoms with E-state index in [1.165, 1.54) is 53.0 Å². The molecule has 0 saturated heterocycles. The molecule has 4 aromatic rings. The van der Waals surface area contributed by atoms with Crippen LogP contribution in [0.5, 0.6) is 0 Å². The molecule has 12 heteroatoms. The van der Waals surface area contributed by atoms with Gasteiger partial charge in [-0.15, -0.1) is 0 Å². The van der Waals surface area contributed by atoms with Crippen LogP contribution < -0.4 is 16.1 Å². The van der Waals surface area contributed by atoms with E-state index in [2.05, 4.69) is 9.98 Å². The number of hydrogen-bond donors (Lipinski definition) is 0. The van der Waals surface area contributed by atoms with Gasteiger partial charge in [0.05, 0.1) is 23.2 Å². The smallest absolute Gasteiger partial charge is 0.332 e. The molecule has 4 rings (SSSR count). The normalized spacial score (nSPS) is 12.3. The van der Waals surface area contributed by atoms with Crippen LogP contribution in [0.4, 0.5) is 4.39 Å². The molecule has 0 saturated carbocycles. The van der Waals surface area contributed by atoms with Crippen molar-refractivity contribution in [1.29, 1.82) is 0 Å². The number of fused-ring (bicyclic) bond motifs is 2. The molecule has 3 aromatic heterocycles. The van der Waals surface area contributed by atoms with Crippen LogP contribution in [0.2, 0.25) is 0 Å². The van der Waals surface area contributed by atoms with Gasteiger partial charge in [-0.05, 0) is 25.1 Å². The Hall–Kier alpha value is -3.38. The summed E-state index contributed by atoms with van der Waals surface area (Å²) < 4.78 is 25.2. The summed E-state index contributed by atoms with van der Waals surface area (Å²) in [5, 5.41) is 0. The van der Waals surface area contributed by atoms with E-state index in [0.29, 0.717) is 29.3 Å². The minimum atomic E-state index is -0.544. The molecule has 0 aliphatic heterocycles. The Morgan fingerprint density at radius 1 is 1.25 bits per heavy atom. The predicted molar refractivity (Wildman–Crippen MR) is 117 cm³/mol. The third kappa shape index (κ3) is 3.82. The van der Waals surface area contributed by atoms with Gasteiger partial charge in [-0.2, -0.15) is 4.99 Å². The third-order valence-electron chi connectivity index (χ3n) is 5.05. The summed E-state index contributed by atoms with van der Waals surface area (Å²) in [7, 11) is 2.87. The summed E-state index contributed by atoms with van der Waals surface area (Å²) >= 11 is 1.19. The topological polar surface area (TPSA) is 105 Å². The van der Waals surface area contributed by atoms with Crippen molar-refractivity contribution in [3.63, 3.8) is 0 Å². The summed E-state index contributed by atoms with van der Waals surface area (Å²) in [6.45, 7) is 3.06. The number of carbonyl (C=O) groups excluding carboxylic acids is 1. The predicted octanol–water partition coefficient (Wildman–Crippen LogP) is 0.753. The van der Waals surface area contributed by atoms with E-state index in [1.807, 2.05) is 11.5 Å². The van der Waals surface area contributed by atoms with Crippen LogP contribution in [-0.4, -0.2) is 42.4 Å². The highest BCUT2D eigenvalue weighted by Crippen LogP contribution is 2.18. The molecule has 1 amide bonds. The Morgan fingerprint density at radius 3 is 2.78 bits per heavy atom. The average molecular weight is 460 g/mol. The fourth-order valence-corrected chi connectivity index (χ4v) is 4.55. The molecule has 0 unspecified atom stereocenters. The molecule has 0 atom stereocenters. The van der Waals surface area contributed by atoms with E-state index < -0.39 is 17.2 Å². The Balaban J connectivity index is 1.75. The second-order valence-corrected chi connectivity index (χ2v) is 8.11. The SMILES string of the molecule is CCOCCn1c(=NC(=O)Cn2cnc3c2c(=O)n(C)c(=O)n3C)sc2cc(F)ccc21. The molecular weight excluding hydrogens is 439 g/mol. The van der Waals surface area contributed by atoms with Crippen molar-refractivity contribution in [2.24, 2.45) is 19.1 Å². The summed E-state index contributed by atoms with van der Waals surface area (Å²) in [5.74, 6) is -0.891. The lowest BCUT2D eigenvalue weighted by Gasteiger charge is -2.06. The first-order valence-corrected chi connectivity index (χ1v) is 10.7. The number of hydrogen-bond acceptors (Lipinski definition) is 6. The van der Waals surface area contributed by atoms with Crippen molar-refractivity contribution in [3.05, 3.63) is 56.0 Å². The van der Waals surface area contributed by atoms with Crippen molar-refractivity contribution in [3.8, 4) is 0 Å². The monoisotopic (exact) mass is 460 g/mol. The standard InChI is InChI=1S/C20H21FN6O4S/c1-4-31-8-7-27-13-6-5-12(21)9-14(13)32-19(27)23-15(28)10-26-11-22-17-16(26)18(29)25(3)20(30)24(17)2/h5-6,9,11H,4,7-8,10H2,1-3H3. The van der Waals surface area contributed by atoms with Crippen molar-refractivity contribution < 1.29 is 13.9 Å². The van der Waals surface area contributed by atoms with E-state index in [0.717, 1.165) is 10.1 Å². The number of thiazole rings is 1. The first-order chi connectivity index (χ1) is 15.3. The molecule has 3 heterocycles. The van der Waals surface area contributed by atoms with Crippen LogP contribution in [0, 0.1) is 5.82 Å². The summed E-state index contributed by atoms with van der Waals surface area (Å²) in [6.07, 6.45) is 1.34. The second kappa shape index (κ2) is 8.63. The largest absolute Gasteiger partial charge is 0.380 e. The minimum Gasteiger partial charge on any atom is -0.380 e. The first-order valence-electron chi connectivity index (χ1n) is 9.86. The number of rotatable bonds is 6. The lowest BCUT2D eigenvalue weighted by molar-refractivity contribution is -0.118. The molecule has 0 radical (unpaired) electrons. The van der Waals surface area contributed by atoms with E-state index >= 15 is 0 Å². The van der Waals surface area contributed by atoms with Crippen molar-refractivity contribution in [1.82, 2.24) is 23.3 Å². The summed E-state index contributed by atoms with van der Waals surface area (Å²) in [6, 6.07) is 4.40. The van der Waals surface area contributed by atoms with Crippen molar-refractivity contribution in [2.45, 2.75) is 20.0 Å². The highest BCUT2D eigenvalue weighted by Gasteiger charge is 2.16. The lowest BCUT2D eigenvalue weighted by Crippen LogP contribution is -2.37. The van der Waals surface area contributed by atoms with Gasteiger partial charge in [0.2, 0.25) is 0 Å². The minimum absolute atomic E-state index is 0.140. The van der Waals surface area contributed by atoms with E-state index in [1.54, 1.807) is 6.07 Å². The Labute approximate surface area is 184 Å². The molecule has 0 aliphatic carbocycles. The summed E-state index contributed by atoms with van der Waals surface area (Å²) in [5.41, 5.74) is 0.0320. The van der Waals surface area contributed by atoms with Crippen LogP contribution in [0.1, 0.15) is 6.92 Å². The van der Waals surface area contributed by atoms with Gasteiger partial charge in [-0.25, -0.2) is 14.2 Å².